The molecule has 1 N–H and O–H groups in total. The molecule has 0 aliphatic carbocycles. The third kappa shape index (κ3) is 5.20. The Morgan fingerprint density at radius 3 is 2.78 bits per heavy atom. The molecular formula is C16H30N6O. The van der Waals surface area contributed by atoms with Gasteiger partial charge in [0.2, 0.25) is 5.89 Å². The molecule has 0 spiro atoms. The smallest absolute Gasteiger partial charge is 0.223 e. The first kappa shape index (κ1) is 17.7. The zero-order valence-corrected chi connectivity index (χ0v) is 14.9. The van der Waals surface area contributed by atoms with Crippen molar-refractivity contribution in [1.29, 1.82) is 0 Å². The highest BCUT2D eigenvalue weighted by Gasteiger charge is 2.26. The van der Waals surface area contributed by atoms with E-state index in [-0.39, 0.29) is 0 Å². The van der Waals surface area contributed by atoms with Gasteiger partial charge in [0.25, 0.3) is 0 Å². The van der Waals surface area contributed by atoms with E-state index in [1.54, 1.807) is 6.92 Å². The summed E-state index contributed by atoms with van der Waals surface area (Å²) in [6.07, 6.45) is 1.22. The number of aliphatic imine (C=N–C) groups is 1. The third-order valence-electron chi connectivity index (χ3n) is 4.27. The molecule has 2 heterocycles. The molecule has 0 amide bonds. The third-order valence-corrected chi connectivity index (χ3v) is 4.27. The zero-order chi connectivity index (χ0) is 16.7. The second-order valence-electron chi connectivity index (χ2n) is 5.99. The molecule has 0 aromatic carbocycles. The molecule has 2 rings (SSSR count). The molecule has 130 valence electrons. The molecule has 1 aliphatic rings. The van der Waals surface area contributed by atoms with E-state index in [0.29, 0.717) is 24.2 Å². The summed E-state index contributed by atoms with van der Waals surface area (Å²) in [6.45, 7) is 15.2. The molecule has 7 heteroatoms. The fourth-order valence-electron chi connectivity index (χ4n) is 3.00. The largest absolute Gasteiger partial charge is 0.357 e. The van der Waals surface area contributed by atoms with Crippen LogP contribution in [0, 0.1) is 12.8 Å². The van der Waals surface area contributed by atoms with Gasteiger partial charge in [-0.05, 0) is 32.4 Å². The Bertz CT molecular complexity index is 497. The molecule has 1 unspecified atom stereocenters. The second-order valence-corrected chi connectivity index (χ2v) is 5.99. The minimum absolute atomic E-state index is 0.455. The normalized spacial score (nSPS) is 18.9. The number of aromatic nitrogens is 2. The average Bonchev–Trinajstić information content (AvgIpc) is 3.18. The van der Waals surface area contributed by atoms with Crippen LogP contribution in [0.5, 0.6) is 0 Å². The summed E-state index contributed by atoms with van der Waals surface area (Å²) in [7, 11) is 0. The van der Waals surface area contributed by atoms with Crippen LogP contribution in [0.3, 0.4) is 0 Å². The average molecular weight is 322 g/mol. The van der Waals surface area contributed by atoms with E-state index in [9.17, 15) is 0 Å². The predicted octanol–water partition coefficient (Wildman–Crippen LogP) is 1.51. The lowest BCUT2D eigenvalue weighted by molar-refractivity contribution is 0.255. The molecule has 1 fully saturated rings. The highest BCUT2D eigenvalue weighted by atomic mass is 16.5. The molecule has 0 bridgehead atoms. The highest BCUT2D eigenvalue weighted by Crippen LogP contribution is 2.17. The lowest BCUT2D eigenvalue weighted by Gasteiger charge is -2.24. The van der Waals surface area contributed by atoms with Crippen molar-refractivity contribution in [3.63, 3.8) is 0 Å². The van der Waals surface area contributed by atoms with Crippen LogP contribution in [0.2, 0.25) is 0 Å². The molecule has 1 atom stereocenters. The van der Waals surface area contributed by atoms with Crippen molar-refractivity contribution >= 4 is 5.96 Å². The quantitative estimate of drug-likeness (QED) is 0.606. The van der Waals surface area contributed by atoms with Crippen molar-refractivity contribution in [3.05, 3.63) is 11.7 Å². The molecule has 7 nitrogen and oxygen atoms in total. The Kier molecular flexibility index (Phi) is 6.83. The van der Waals surface area contributed by atoms with Gasteiger partial charge < -0.3 is 19.6 Å². The molecule has 0 saturated carbocycles. The van der Waals surface area contributed by atoms with E-state index in [4.69, 9.17) is 4.52 Å². The van der Waals surface area contributed by atoms with E-state index >= 15 is 0 Å². The van der Waals surface area contributed by atoms with Crippen LogP contribution in [0.15, 0.2) is 9.52 Å². The second kappa shape index (κ2) is 8.86. The van der Waals surface area contributed by atoms with Crippen LogP contribution in [0.1, 0.15) is 38.9 Å². The fraction of sp³-hybridized carbons (Fsp3) is 0.812. The van der Waals surface area contributed by atoms with Gasteiger partial charge in [0, 0.05) is 33.1 Å². The summed E-state index contributed by atoms with van der Waals surface area (Å²) in [5.41, 5.74) is 0. The molecule has 1 aromatic rings. The lowest BCUT2D eigenvalue weighted by atomic mass is 10.1. The summed E-state index contributed by atoms with van der Waals surface area (Å²) in [5.74, 6) is 2.89. The molecule has 23 heavy (non-hydrogen) atoms. The number of guanidine groups is 1. The number of hydrogen-bond acceptors (Lipinski definition) is 5. The van der Waals surface area contributed by atoms with E-state index < -0.39 is 0 Å². The van der Waals surface area contributed by atoms with Gasteiger partial charge in [-0.25, -0.2) is 4.99 Å². The number of hydrogen-bond donors (Lipinski definition) is 1. The molecule has 1 aromatic heterocycles. The van der Waals surface area contributed by atoms with E-state index in [1.807, 2.05) is 0 Å². The SMILES string of the molecule is CCNC(=NCc1noc(C)n1)N1CCC(CN(CC)CC)C1. The Labute approximate surface area is 139 Å². The Morgan fingerprint density at radius 1 is 1.39 bits per heavy atom. The maximum atomic E-state index is 5.00. The minimum atomic E-state index is 0.455. The van der Waals surface area contributed by atoms with Gasteiger partial charge in [-0.15, -0.1) is 0 Å². The summed E-state index contributed by atoms with van der Waals surface area (Å²) < 4.78 is 5.00. The van der Waals surface area contributed by atoms with Crippen LogP contribution >= 0.6 is 0 Å². The van der Waals surface area contributed by atoms with Crippen LogP contribution in [-0.2, 0) is 6.54 Å². The van der Waals surface area contributed by atoms with Gasteiger partial charge in [-0.3, -0.25) is 0 Å². The van der Waals surface area contributed by atoms with Crippen molar-refractivity contribution in [3.8, 4) is 0 Å². The predicted molar refractivity (Wildman–Crippen MR) is 91.3 cm³/mol. The van der Waals surface area contributed by atoms with Gasteiger partial charge in [-0.2, -0.15) is 4.98 Å². The fourth-order valence-corrected chi connectivity index (χ4v) is 3.00. The standard InChI is InChI=1S/C16H30N6O/c1-5-17-16(18-10-15-19-13(4)23-20-15)22-9-8-14(12-22)11-21(6-2)7-3/h14H,5-12H2,1-4H3,(H,17,18). The number of aryl methyl sites for hydroxylation is 1. The van der Waals surface area contributed by atoms with Crippen molar-refractivity contribution in [2.45, 2.75) is 40.7 Å². The maximum absolute atomic E-state index is 5.00. The Hall–Kier alpha value is -1.63. The lowest BCUT2D eigenvalue weighted by Crippen LogP contribution is -2.40. The van der Waals surface area contributed by atoms with Gasteiger partial charge in [0.15, 0.2) is 11.8 Å². The number of nitrogens with zero attached hydrogens (tertiary/aromatic N) is 5. The topological polar surface area (TPSA) is 69.8 Å². The first-order valence-electron chi connectivity index (χ1n) is 8.71. The van der Waals surface area contributed by atoms with Crippen molar-refractivity contribution in [2.24, 2.45) is 10.9 Å². The van der Waals surface area contributed by atoms with E-state index in [1.165, 1.54) is 13.0 Å². The van der Waals surface area contributed by atoms with Gasteiger partial charge in [0.05, 0.1) is 0 Å². The summed E-state index contributed by atoms with van der Waals surface area (Å²) in [5, 5.41) is 7.28. The summed E-state index contributed by atoms with van der Waals surface area (Å²) in [4.78, 5) is 13.7. The summed E-state index contributed by atoms with van der Waals surface area (Å²) >= 11 is 0. The Balaban J connectivity index is 1.93. The van der Waals surface area contributed by atoms with Gasteiger partial charge >= 0.3 is 0 Å². The van der Waals surface area contributed by atoms with Crippen LogP contribution in [-0.4, -0.2) is 65.2 Å². The maximum Gasteiger partial charge on any atom is 0.223 e. The zero-order valence-electron chi connectivity index (χ0n) is 14.9. The van der Waals surface area contributed by atoms with Crippen LogP contribution in [0.25, 0.3) is 0 Å². The number of rotatable bonds is 7. The summed E-state index contributed by atoms with van der Waals surface area (Å²) in [6, 6.07) is 0. The van der Waals surface area contributed by atoms with Crippen LogP contribution in [0.4, 0.5) is 0 Å². The van der Waals surface area contributed by atoms with Gasteiger partial charge in [0.1, 0.15) is 6.54 Å². The first-order valence-corrected chi connectivity index (χ1v) is 8.71. The van der Waals surface area contributed by atoms with Crippen LogP contribution < -0.4 is 5.32 Å². The monoisotopic (exact) mass is 322 g/mol. The highest BCUT2D eigenvalue weighted by molar-refractivity contribution is 5.80. The van der Waals surface area contributed by atoms with Crippen molar-refractivity contribution < 1.29 is 4.52 Å². The number of likely N-dealkylation sites (tertiary alicyclic amines) is 1. The van der Waals surface area contributed by atoms with Gasteiger partial charge in [-0.1, -0.05) is 19.0 Å². The molecule has 1 aliphatic heterocycles. The number of nitrogens with one attached hydrogen (secondary N) is 1. The first-order chi connectivity index (χ1) is 11.2. The van der Waals surface area contributed by atoms with Crippen molar-refractivity contribution in [1.82, 2.24) is 25.3 Å². The molecule has 1 saturated heterocycles. The Morgan fingerprint density at radius 2 is 2.17 bits per heavy atom. The molecular weight excluding hydrogens is 292 g/mol. The van der Waals surface area contributed by atoms with Crippen molar-refractivity contribution in [2.75, 3.05) is 39.3 Å². The minimum Gasteiger partial charge on any atom is -0.357 e. The van der Waals surface area contributed by atoms with E-state index in [2.05, 4.69) is 51.0 Å². The van der Waals surface area contributed by atoms with E-state index in [0.717, 1.165) is 38.7 Å². The molecule has 0 radical (unpaired) electrons.